The van der Waals surface area contributed by atoms with Gasteiger partial charge in [-0.2, -0.15) is 15.1 Å². The topological polar surface area (TPSA) is 83.0 Å². The highest BCUT2D eigenvalue weighted by molar-refractivity contribution is 8.27. The third-order valence-electron chi connectivity index (χ3n) is 5.06. The number of benzene rings is 2. The molecule has 0 fully saturated rings. The Balaban J connectivity index is 1.47. The molecule has 0 unspecified atom stereocenters. The number of aromatic nitrogens is 1. The molecule has 9 heteroatoms. The number of carbonyl (C=O) groups excluding carboxylic acids is 1. The molecule has 2 aromatic carbocycles. The largest absolute Gasteiger partial charge is 0.494 e. The third kappa shape index (κ3) is 3.87. The molecule has 33 heavy (non-hydrogen) atoms. The summed E-state index contributed by atoms with van der Waals surface area (Å²) < 4.78 is 21.6. The van der Waals surface area contributed by atoms with Crippen LogP contribution in [0, 0.1) is 11.2 Å². The highest BCUT2D eigenvalue weighted by atomic mass is 32.2. The second-order valence-electron chi connectivity index (χ2n) is 7.13. The van der Waals surface area contributed by atoms with Crippen LogP contribution in [0.3, 0.4) is 0 Å². The van der Waals surface area contributed by atoms with Crippen molar-refractivity contribution in [2.24, 2.45) is 10.1 Å². The van der Waals surface area contributed by atoms with Gasteiger partial charge in [0, 0.05) is 23.1 Å². The fourth-order valence-corrected chi connectivity index (χ4v) is 4.42. The monoisotopic (exact) mass is 459 g/mol. The van der Waals surface area contributed by atoms with Crippen molar-refractivity contribution in [1.82, 2.24) is 9.58 Å². The molecule has 3 aromatic rings. The molecule has 0 atom stereocenters. The van der Waals surface area contributed by atoms with Crippen LogP contribution in [0.5, 0.6) is 5.75 Å². The zero-order valence-electron chi connectivity index (χ0n) is 17.5. The van der Waals surface area contributed by atoms with Crippen LogP contribution in [0.1, 0.15) is 18.2 Å². The molecule has 0 saturated carbocycles. The van der Waals surface area contributed by atoms with Crippen molar-refractivity contribution in [2.45, 2.75) is 6.92 Å². The molecule has 5 rings (SSSR count). The van der Waals surface area contributed by atoms with Gasteiger partial charge in [-0.25, -0.2) is 4.39 Å². The SMILES string of the molecule is CCOc1ccc(-n2cccc2/C=C2/C(=N)N3N=C(c4ccccc4F)SC3=NC2=O)cc1. The zero-order chi connectivity index (χ0) is 22.9. The van der Waals surface area contributed by atoms with E-state index in [1.807, 2.05) is 54.1 Å². The minimum Gasteiger partial charge on any atom is -0.494 e. The number of fused-ring (bicyclic) bond motifs is 1. The van der Waals surface area contributed by atoms with Gasteiger partial charge in [-0.15, -0.1) is 0 Å². The van der Waals surface area contributed by atoms with Crippen molar-refractivity contribution in [3.63, 3.8) is 0 Å². The summed E-state index contributed by atoms with van der Waals surface area (Å²) in [5, 5.41) is 14.8. The standard InChI is InChI=1S/C24H18FN5O2S/c1-2-32-17-11-9-15(10-12-17)29-13-5-6-16(29)14-19-21(26)30-24(27-22(19)31)33-23(28-30)18-7-3-4-8-20(18)25/h3-14,26H,2H2,1H3/b19-14-,26-21?. The van der Waals surface area contributed by atoms with Gasteiger partial charge in [-0.05, 0) is 73.3 Å². The highest BCUT2D eigenvalue weighted by Gasteiger charge is 2.36. The number of amidine groups is 2. The lowest BCUT2D eigenvalue weighted by atomic mass is 10.1. The Morgan fingerprint density at radius 3 is 2.67 bits per heavy atom. The van der Waals surface area contributed by atoms with Crippen molar-refractivity contribution in [3.8, 4) is 11.4 Å². The van der Waals surface area contributed by atoms with Gasteiger partial charge in [-0.1, -0.05) is 12.1 Å². The average molecular weight is 460 g/mol. The lowest BCUT2D eigenvalue weighted by Gasteiger charge is -2.20. The first-order chi connectivity index (χ1) is 16.0. The van der Waals surface area contributed by atoms with E-state index in [1.165, 1.54) is 11.1 Å². The van der Waals surface area contributed by atoms with Crippen molar-refractivity contribution < 1.29 is 13.9 Å². The molecule has 1 amide bonds. The number of nitrogens with one attached hydrogen (secondary N) is 1. The van der Waals surface area contributed by atoms with Crippen molar-refractivity contribution >= 4 is 39.8 Å². The van der Waals surface area contributed by atoms with Crippen molar-refractivity contribution in [1.29, 1.82) is 5.41 Å². The number of rotatable bonds is 5. The van der Waals surface area contributed by atoms with Gasteiger partial charge in [-0.3, -0.25) is 10.2 Å². The maximum Gasteiger partial charge on any atom is 0.283 e. The van der Waals surface area contributed by atoms with Crippen LogP contribution in [-0.4, -0.2) is 38.1 Å². The number of hydrogen-bond acceptors (Lipinski definition) is 5. The van der Waals surface area contributed by atoms with Gasteiger partial charge < -0.3 is 9.30 Å². The molecule has 0 radical (unpaired) electrons. The molecule has 0 saturated heterocycles. The van der Waals surface area contributed by atoms with E-state index < -0.39 is 11.7 Å². The molecule has 0 bridgehead atoms. The first-order valence-corrected chi connectivity index (χ1v) is 11.0. The van der Waals surface area contributed by atoms with E-state index in [0.29, 0.717) is 22.9 Å². The minimum atomic E-state index is -0.539. The molecule has 1 aromatic heterocycles. The summed E-state index contributed by atoms with van der Waals surface area (Å²) in [5.74, 6) is -0.299. The van der Waals surface area contributed by atoms with Gasteiger partial charge in [0.25, 0.3) is 5.91 Å². The second-order valence-corrected chi connectivity index (χ2v) is 8.09. The fraction of sp³-hybridized carbons (Fsp3) is 0.0833. The molecular weight excluding hydrogens is 441 g/mol. The Kier molecular flexibility index (Phi) is 5.39. The second kappa shape index (κ2) is 8.51. The Labute approximate surface area is 193 Å². The van der Waals surface area contributed by atoms with Crippen LogP contribution >= 0.6 is 11.8 Å². The van der Waals surface area contributed by atoms with E-state index in [9.17, 15) is 9.18 Å². The molecule has 164 valence electrons. The highest BCUT2D eigenvalue weighted by Crippen LogP contribution is 2.32. The predicted octanol–water partition coefficient (Wildman–Crippen LogP) is 4.68. The van der Waals surface area contributed by atoms with Crippen LogP contribution in [0.15, 0.2) is 82.5 Å². The number of hydrogen-bond donors (Lipinski definition) is 1. The summed E-state index contributed by atoms with van der Waals surface area (Å²) in [6.45, 7) is 2.51. The Bertz CT molecular complexity index is 1360. The summed E-state index contributed by atoms with van der Waals surface area (Å²) in [6.07, 6.45) is 3.48. The number of amides is 1. The molecule has 2 aliphatic heterocycles. The van der Waals surface area contributed by atoms with E-state index in [4.69, 9.17) is 10.1 Å². The summed E-state index contributed by atoms with van der Waals surface area (Å²) in [6, 6.07) is 17.5. The molecule has 0 spiro atoms. The van der Waals surface area contributed by atoms with Crippen LogP contribution in [0.25, 0.3) is 11.8 Å². The van der Waals surface area contributed by atoms with E-state index in [0.717, 1.165) is 23.2 Å². The molecule has 0 aliphatic carbocycles. The van der Waals surface area contributed by atoms with Crippen LogP contribution in [0.2, 0.25) is 0 Å². The first-order valence-electron chi connectivity index (χ1n) is 10.2. The number of halogens is 1. The van der Waals surface area contributed by atoms with E-state index >= 15 is 0 Å². The predicted molar refractivity (Wildman–Crippen MR) is 127 cm³/mol. The summed E-state index contributed by atoms with van der Waals surface area (Å²) >= 11 is 1.06. The smallest absolute Gasteiger partial charge is 0.283 e. The number of thioether (sulfide) groups is 1. The number of carbonyl (C=O) groups is 1. The normalized spacial score (nSPS) is 16.7. The first kappa shape index (κ1) is 20.9. The molecule has 7 nitrogen and oxygen atoms in total. The Hall–Kier alpha value is -3.98. The zero-order valence-corrected chi connectivity index (χ0v) is 18.3. The average Bonchev–Trinajstić information content (AvgIpc) is 3.45. The molecule has 3 heterocycles. The van der Waals surface area contributed by atoms with Crippen molar-refractivity contribution in [2.75, 3.05) is 6.61 Å². The number of nitrogens with zero attached hydrogens (tertiary/aromatic N) is 4. The molecule has 2 aliphatic rings. The van der Waals surface area contributed by atoms with E-state index in [2.05, 4.69) is 10.1 Å². The quantitative estimate of drug-likeness (QED) is 0.562. The van der Waals surface area contributed by atoms with E-state index in [1.54, 1.807) is 24.3 Å². The van der Waals surface area contributed by atoms with Crippen molar-refractivity contribution in [3.05, 3.63) is 89.5 Å². The van der Waals surface area contributed by atoms with Crippen LogP contribution < -0.4 is 4.74 Å². The maximum atomic E-state index is 14.2. The molecule has 1 N–H and O–H groups in total. The lowest BCUT2D eigenvalue weighted by Crippen LogP contribution is -2.35. The van der Waals surface area contributed by atoms with Crippen LogP contribution in [0.4, 0.5) is 4.39 Å². The maximum absolute atomic E-state index is 14.2. The van der Waals surface area contributed by atoms with E-state index in [-0.39, 0.29) is 16.6 Å². The van der Waals surface area contributed by atoms with Gasteiger partial charge in [0.05, 0.1) is 12.2 Å². The van der Waals surface area contributed by atoms with Crippen LogP contribution in [-0.2, 0) is 4.79 Å². The number of ether oxygens (including phenoxy) is 1. The number of hydrazone groups is 1. The van der Waals surface area contributed by atoms with Gasteiger partial charge >= 0.3 is 0 Å². The molecular formula is C24H18FN5O2S. The Morgan fingerprint density at radius 1 is 1.12 bits per heavy atom. The van der Waals surface area contributed by atoms with Gasteiger partial charge in [0.15, 0.2) is 5.84 Å². The lowest BCUT2D eigenvalue weighted by molar-refractivity contribution is -0.114. The van der Waals surface area contributed by atoms with Gasteiger partial charge in [0.2, 0.25) is 5.17 Å². The Morgan fingerprint density at radius 2 is 1.91 bits per heavy atom. The third-order valence-corrected chi connectivity index (χ3v) is 6.00. The minimum absolute atomic E-state index is 0.101. The summed E-state index contributed by atoms with van der Waals surface area (Å²) in [4.78, 5) is 16.9. The van der Waals surface area contributed by atoms with Gasteiger partial charge in [0.1, 0.15) is 16.6 Å². The fourth-order valence-electron chi connectivity index (χ4n) is 3.50. The number of aliphatic imine (C=N–C) groups is 1. The summed E-state index contributed by atoms with van der Waals surface area (Å²) in [5.41, 5.74) is 1.99. The summed E-state index contributed by atoms with van der Waals surface area (Å²) in [7, 11) is 0.